The van der Waals surface area contributed by atoms with Crippen LogP contribution in [0.3, 0.4) is 0 Å². The molecular weight excluding hydrogens is 557 g/mol. The minimum absolute atomic E-state index is 0.0636. The molecule has 2 atom stereocenters. The number of hydrogen-bond acceptors (Lipinski definition) is 5. The van der Waals surface area contributed by atoms with Crippen molar-refractivity contribution < 1.29 is 9.59 Å². The molecule has 1 aromatic carbocycles. The van der Waals surface area contributed by atoms with Gasteiger partial charge in [0.05, 0.1) is 10.0 Å². The van der Waals surface area contributed by atoms with Gasteiger partial charge in [-0.1, -0.05) is 41.8 Å². The van der Waals surface area contributed by atoms with Gasteiger partial charge in [-0.05, 0) is 102 Å². The van der Waals surface area contributed by atoms with E-state index < -0.39 is 5.54 Å². The summed E-state index contributed by atoms with van der Waals surface area (Å²) in [6, 6.07) is 11.5. The molecule has 2 aliphatic heterocycles. The van der Waals surface area contributed by atoms with Gasteiger partial charge in [0.1, 0.15) is 11.2 Å². The zero-order chi connectivity index (χ0) is 29.4. The van der Waals surface area contributed by atoms with Gasteiger partial charge >= 0.3 is 0 Å². The van der Waals surface area contributed by atoms with Crippen LogP contribution in [0.15, 0.2) is 42.6 Å². The van der Waals surface area contributed by atoms with Gasteiger partial charge in [0.15, 0.2) is 0 Å². The normalized spacial score (nSPS) is 19.9. The zero-order valence-corrected chi connectivity index (χ0v) is 26.3. The van der Waals surface area contributed by atoms with Crippen LogP contribution in [0.2, 0.25) is 10.0 Å². The van der Waals surface area contributed by atoms with Gasteiger partial charge in [0, 0.05) is 44.8 Å². The van der Waals surface area contributed by atoms with Gasteiger partial charge in [-0.3, -0.25) is 19.5 Å². The number of piperidine rings is 2. The van der Waals surface area contributed by atoms with E-state index in [9.17, 15) is 9.59 Å². The Bertz CT molecular complexity index is 1150. The number of hydrogen-bond donors (Lipinski definition) is 1. The molecule has 2 aromatic rings. The summed E-state index contributed by atoms with van der Waals surface area (Å²) in [5, 5.41) is 4.53. The van der Waals surface area contributed by atoms with Crippen LogP contribution in [0.1, 0.15) is 80.8 Å². The highest BCUT2D eigenvalue weighted by molar-refractivity contribution is 6.42. The Morgan fingerprint density at radius 3 is 2.51 bits per heavy atom. The van der Waals surface area contributed by atoms with Gasteiger partial charge < -0.3 is 15.1 Å². The summed E-state index contributed by atoms with van der Waals surface area (Å²) in [7, 11) is 1.83. The Balaban J connectivity index is 1.58. The standard InChI is InChI=1S/C32H45Cl2N5O2/c1-4-38(5-2)31(41)32(16-19-35-20-17-32)39-21-9-7-10-26(39)14-12-25(24-13-15-27(33)28(34)22-24)23-37(3)30(40)29-11-6-8-18-36-29/h6,8,11,13,15,18,22,25-26,35H,4-5,7,9-10,12,14,16-17,19-21,23H2,1-3H3. The van der Waals surface area contributed by atoms with Crippen molar-refractivity contribution in [2.45, 2.75) is 76.3 Å². The van der Waals surface area contributed by atoms with Gasteiger partial charge in [-0.25, -0.2) is 0 Å². The Labute approximate surface area is 255 Å². The molecule has 0 bridgehead atoms. The van der Waals surface area contributed by atoms with E-state index in [-0.39, 0.29) is 17.7 Å². The van der Waals surface area contributed by atoms with E-state index in [0.29, 0.717) is 28.3 Å². The van der Waals surface area contributed by atoms with Crippen molar-refractivity contribution in [1.29, 1.82) is 0 Å². The molecule has 1 aromatic heterocycles. The molecule has 9 heteroatoms. The molecule has 0 aliphatic carbocycles. The number of nitrogens with one attached hydrogen (secondary N) is 1. The lowest BCUT2D eigenvalue weighted by molar-refractivity contribution is -0.150. The third kappa shape index (κ3) is 7.42. The maximum Gasteiger partial charge on any atom is 0.272 e. The van der Waals surface area contributed by atoms with E-state index in [4.69, 9.17) is 23.2 Å². The zero-order valence-electron chi connectivity index (χ0n) is 24.7. The molecule has 0 radical (unpaired) electrons. The molecule has 2 fully saturated rings. The monoisotopic (exact) mass is 601 g/mol. The number of likely N-dealkylation sites (N-methyl/N-ethyl adjacent to an activating group) is 2. The molecule has 2 saturated heterocycles. The predicted molar refractivity (Wildman–Crippen MR) is 167 cm³/mol. The smallest absolute Gasteiger partial charge is 0.272 e. The lowest BCUT2D eigenvalue weighted by atomic mass is 9.80. The molecule has 3 heterocycles. The predicted octanol–water partition coefficient (Wildman–Crippen LogP) is 5.87. The summed E-state index contributed by atoms with van der Waals surface area (Å²) in [6.07, 6.45) is 8.51. The molecule has 41 heavy (non-hydrogen) atoms. The fourth-order valence-corrected chi connectivity index (χ4v) is 7.06. The summed E-state index contributed by atoms with van der Waals surface area (Å²) in [6.45, 7) is 8.84. The second kappa shape index (κ2) is 14.8. The molecule has 2 aliphatic rings. The second-order valence-electron chi connectivity index (χ2n) is 11.5. The van der Waals surface area contributed by atoms with Crippen molar-refractivity contribution in [3.8, 4) is 0 Å². The number of amides is 2. The first kappa shape index (κ1) is 31.7. The molecule has 2 unspecified atom stereocenters. The van der Waals surface area contributed by atoms with E-state index in [1.54, 1.807) is 17.2 Å². The Morgan fingerprint density at radius 2 is 1.85 bits per heavy atom. The lowest BCUT2D eigenvalue weighted by Gasteiger charge is -2.52. The summed E-state index contributed by atoms with van der Waals surface area (Å²) < 4.78 is 0. The Hall–Kier alpha value is -2.19. The first-order valence-electron chi connectivity index (χ1n) is 15.2. The average molecular weight is 603 g/mol. The van der Waals surface area contributed by atoms with Crippen molar-refractivity contribution in [3.63, 3.8) is 0 Å². The highest BCUT2D eigenvalue weighted by Gasteiger charge is 2.49. The summed E-state index contributed by atoms with van der Waals surface area (Å²) in [5.74, 6) is 0.250. The topological polar surface area (TPSA) is 68.8 Å². The van der Waals surface area contributed by atoms with Crippen molar-refractivity contribution >= 4 is 35.0 Å². The van der Waals surface area contributed by atoms with E-state index in [1.165, 1.54) is 6.42 Å². The molecule has 0 spiro atoms. The first-order valence-corrected chi connectivity index (χ1v) is 15.9. The van der Waals surface area contributed by atoms with Gasteiger partial charge in [0.25, 0.3) is 5.91 Å². The van der Waals surface area contributed by atoms with Gasteiger partial charge in [-0.15, -0.1) is 0 Å². The fourth-order valence-electron chi connectivity index (χ4n) is 6.76. The van der Waals surface area contributed by atoms with E-state index in [2.05, 4.69) is 29.0 Å². The quantitative estimate of drug-likeness (QED) is 0.349. The molecule has 4 rings (SSSR count). The van der Waals surface area contributed by atoms with Crippen LogP contribution in [0.5, 0.6) is 0 Å². The number of pyridine rings is 1. The number of benzene rings is 1. The Kier molecular flexibility index (Phi) is 11.5. The van der Waals surface area contributed by atoms with E-state index in [1.807, 2.05) is 42.3 Å². The van der Waals surface area contributed by atoms with Crippen molar-refractivity contribution in [3.05, 3.63) is 63.9 Å². The third-order valence-corrected chi connectivity index (χ3v) is 9.78. The first-order chi connectivity index (χ1) is 19.8. The lowest BCUT2D eigenvalue weighted by Crippen LogP contribution is -2.66. The van der Waals surface area contributed by atoms with Crippen LogP contribution in [0.25, 0.3) is 0 Å². The summed E-state index contributed by atoms with van der Waals surface area (Å²) in [5.41, 5.74) is 1.05. The fraction of sp³-hybridized carbons (Fsp3) is 0.594. The van der Waals surface area contributed by atoms with Crippen LogP contribution in [-0.2, 0) is 4.79 Å². The minimum atomic E-state index is -0.451. The second-order valence-corrected chi connectivity index (χ2v) is 12.3. The maximum atomic E-state index is 14.1. The maximum absolute atomic E-state index is 14.1. The summed E-state index contributed by atoms with van der Waals surface area (Å²) >= 11 is 12.7. The number of halogens is 2. The highest BCUT2D eigenvalue weighted by atomic mass is 35.5. The molecule has 2 amide bonds. The van der Waals surface area contributed by atoms with Crippen molar-refractivity contribution in [2.75, 3.05) is 46.3 Å². The van der Waals surface area contributed by atoms with Crippen LogP contribution in [-0.4, -0.2) is 89.4 Å². The van der Waals surface area contributed by atoms with Gasteiger partial charge in [0.2, 0.25) is 5.91 Å². The molecule has 7 nitrogen and oxygen atoms in total. The SMILES string of the molecule is CCN(CC)C(=O)C1(N2CCCCC2CCC(CN(C)C(=O)c2ccccn2)c2ccc(Cl)c(Cl)c2)CCNCC1. The van der Waals surface area contributed by atoms with Crippen LogP contribution < -0.4 is 5.32 Å². The van der Waals surface area contributed by atoms with Crippen LogP contribution in [0, 0.1) is 0 Å². The molecule has 0 saturated carbocycles. The number of carbonyl (C=O) groups excluding carboxylic acids is 2. The number of nitrogens with zero attached hydrogens (tertiary/aromatic N) is 4. The van der Waals surface area contributed by atoms with Crippen LogP contribution in [0.4, 0.5) is 0 Å². The molecular formula is C32H45Cl2N5O2. The number of rotatable bonds is 11. The largest absolute Gasteiger partial charge is 0.342 e. The average Bonchev–Trinajstić information content (AvgIpc) is 3.01. The van der Waals surface area contributed by atoms with Crippen LogP contribution >= 0.6 is 23.2 Å². The molecule has 224 valence electrons. The minimum Gasteiger partial charge on any atom is -0.342 e. The number of likely N-dealkylation sites (tertiary alicyclic amines) is 1. The van der Waals surface area contributed by atoms with Crippen molar-refractivity contribution in [2.24, 2.45) is 0 Å². The van der Waals surface area contributed by atoms with Crippen molar-refractivity contribution in [1.82, 2.24) is 25.0 Å². The third-order valence-electron chi connectivity index (χ3n) is 9.04. The Morgan fingerprint density at radius 1 is 1.10 bits per heavy atom. The summed E-state index contributed by atoms with van der Waals surface area (Å²) in [4.78, 5) is 37.9. The molecule has 1 N–H and O–H groups in total. The number of aromatic nitrogens is 1. The number of carbonyl (C=O) groups is 2. The van der Waals surface area contributed by atoms with E-state index >= 15 is 0 Å². The van der Waals surface area contributed by atoms with Gasteiger partial charge in [-0.2, -0.15) is 0 Å². The highest BCUT2D eigenvalue weighted by Crippen LogP contribution is 2.38. The van der Waals surface area contributed by atoms with E-state index in [0.717, 1.165) is 76.8 Å².